The maximum atomic E-state index is 12.8. The van der Waals surface area contributed by atoms with Crippen LogP contribution >= 0.6 is 0 Å². The van der Waals surface area contributed by atoms with Crippen molar-refractivity contribution < 1.29 is 9.53 Å². The van der Waals surface area contributed by atoms with Crippen LogP contribution in [0, 0.1) is 12.8 Å². The smallest absolute Gasteiger partial charge is 0.186 e. The number of aryl methyl sites for hydroxylation is 2. The second-order valence-electron chi connectivity index (χ2n) is 6.57. The molecule has 1 unspecified atom stereocenters. The van der Waals surface area contributed by atoms with Crippen molar-refractivity contribution in [3.8, 4) is 0 Å². The molecule has 0 N–H and O–H groups in total. The Hall–Kier alpha value is -1.16. The van der Waals surface area contributed by atoms with Gasteiger partial charge in [-0.2, -0.15) is 5.10 Å². The van der Waals surface area contributed by atoms with Crippen molar-refractivity contribution >= 4 is 5.78 Å². The number of carbonyl (C=O) groups is 1. The zero-order valence-electron chi connectivity index (χ0n) is 12.8. The lowest BCUT2D eigenvalue weighted by molar-refractivity contribution is -0.0712. The Morgan fingerprint density at radius 1 is 1.47 bits per heavy atom. The molecule has 0 radical (unpaired) electrons. The summed E-state index contributed by atoms with van der Waals surface area (Å²) in [6.45, 7) is 12.7. The fraction of sp³-hybridized carbons (Fsp3) is 0.733. The van der Waals surface area contributed by atoms with Crippen LogP contribution in [-0.2, 0) is 11.3 Å². The fourth-order valence-electron chi connectivity index (χ4n) is 3.13. The molecule has 0 bridgehead atoms. The molecular formula is C15H24N2O2. The number of ketones is 1. The van der Waals surface area contributed by atoms with Gasteiger partial charge in [0.05, 0.1) is 22.8 Å². The molecule has 0 saturated carbocycles. The Labute approximate surface area is 115 Å². The van der Waals surface area contributed by atoms with E-state index in [1.165, 1.54) is 0 Å². The van der Waals surface area contributed by atoms with Gasteiger partial charge in [0.25, 0.3) is 0 Å². The molecule has 1 fully saturated rings. The molecule has 2 rings (SSSR count). The Morgan fingerprint density at radius 3 is 2.58 bits per heavy atom. The summed E-state index contributed by atoms with van der Waals surface area (Å²) in [4.78, 5) is 12.8. The van der Waals surface area contributed by atoms with Gasteiger partial charge in [-0.25, -0.2) is 0 Å². The Balaban J connectivity index is 2.34. The minimum absolute atomic E-state index is 0.108. The van der Waals surface area contributed by atoms with Gasteiger partial charge in [-0.05, 0) is 54.0 Å². The van der Waals surface area contributed by atoms with Crippen molar-refractivity contribution in [1.82, 2.24) is 9.78 Å². The largest absolute Gasteiger partial charge is 0.369 e. The molecule has 1 aliphatic rings. The summed E-state index contributed by atoms with van der Waals surface area (Å²) in [7, 11) is 0. The quantitative estimate of drug-likeness (QED) is 0.788. The molecule has 4 nitrogen and oxygen atoms in total. The number of ether oxygens (including phenoxy) is 1. The molecule has 0 aliphatic carbocycles. The first kappa shape index (κ1) is 14.3. The van der Waals surface area contributed by atoms with E-state index in [4.69, 9.17) is 4.74 Å². The molecule has 1 aromatic rings. The first-order valence-electron chi connectivity index (χ1n) is 6.95. The van der Waals surface area contributed by atoms with Crippen LogP contribution in [0.1, 0.15) is 57.2 Å². The van der Waals surface area contributed by atoms with Crippen molar-refractivity contribution in [3.05, 3.63) is 17.5 Å². The molecule has 106 valence electrons. The van der Waals surface area contributed by atoms with E-state index in [0.717, 1.165) is 12.1 Å². The molecule has 0 amide bonds. The minimum Gasteiger partial charge on any atom is -0.369 e. The summed E-state index contributed by atoms with van der Waals surface area (Å²) in [5, 5.41) is 4.36. The van der Waals surface area contributed by atoms with Crippen LogP contribution in [-0.4, -0.2) is 26.8 Å². The molecule has 19 heavy (non-hydrogen) atoms. The summed E-state index contributed by atoms with van der Waals surface area (Å²) in [5.74, 6) is 0.0434. The molecule has 4 heteroatoms. The van der Waals surface area contributed by atoms with Crippen molar-refractivity contribution in [2.45, 2.75) is 65.7 Å². The van der Waals surface area contributed by atoms with Crippen molar-refractivity contribution in [1.29, 1.82) is 0 Å². The first-order chi connectivity index (χ1) is 8.66. The third kappa shape index (κ3) is 2.59. The van der Waals surface area contributed by atoms with Gasteiger partial charge in [-0.1, -0.05) is 0 Å². The van der Waals surface area contributed by atoms with E-state index in [9.17, 15) is 4.79 Å². The van der Waals surface area contributed by atoms with E-state index in [-0.39, 0.29) is 17.3 Å². The number of hydrogen-bond donors (Lipinski definition) is 0. The normalized spacial score (nSPS) is 24.6. The van der Waals surface area contributed by atoms with E-state index in [1.807, 2.05) is 47.6 Å². The van der Waals surface area contributed by atoms with Crippen LogP contribution in [0.5, 0.6) is 0 Å². The maximum Gasteiger partial charge on any atom is 0.186 e. The van der Waals surface area contributed by atoms with Gasteiger partial charge in [-0.3, -0.25) is 9.48 Å². The van der Waals surface area contributed by atoms with Crippen LogP contribution < -0.4 is 0 Å². The highest BCUT2D eigenvalue weighted by molar-refractivity contribution is 5.97. The van der Waals surface area contributed by atoms with Crippen molar-refractivity contribution in [2.75, 3.05) is 0 Å². The highest BCUT2D eigenvalue weighted by Gasteiger charge is 2.49. The van der Waals surface area contributed by atoms with Gasteiger partial charge in [0.2, 0.25) is 0 Å². The van der Waals surface area contributed by atoms with Crippen LogP contribution in [0.4, 0.5) is 0 Å². The molecule has 1 saturated heterocycles. The molecular weight excluding hydrogens is 240 g/mol. The number of Topliss-reactive ketones (excluding diaryl/α,β-unsaturated/α-hetero) is 1. The number of rotatable bonds is 3. The van der Waals surface area contributed by atoms with E-state index in [1.54, 1.807) is 4.68 Å². The molecule has 2 heterocycles. The van der Waals surface area contributed by atoms with Gasteiger partial charge in [0.1, 0.15) is 5.69 Å². The zero-order chi connectivity index (χ0) is 14.4. The standard InChI is InChI=1S/C15H24N2O2/c1-7-17-12(8-10(2)16-17)13(18)11-9-14(3,4)19-15(11,5)6/h8,11H,7,9H2,1-6H3. The minimum atomic E-state index is -0.419. The van der Waals surface area contributed by atoms with Crippen molar-refractivity contribution in [2.24, 2.45) is 5.92 Å². The number of nitrogens with zero attached hydrogens (tertiary/aromatic N) is 2. The van der Waals surface area contributed by atoms with E-state index in [2.05, 4.69) is 5.10 Å². The highest BCUT2D eigenvalue weighted by atomic mass is 16.5. The predicted molar refractivity (Wildman–Crippen MR) is 74.3 cm³/mol. The molecule has 1 aromatic heterocycles. The summed E-state index contributed by atoms with van der Waals surface area (Å²) in [6, 6.07) is 1.88. The molecule has 1 aliphatic heterocycles. The molecule has 1 atom stereocenters. The fourth-order valence-corrected chi connectivity index (χ4v) is 3.13. The Morgan fingerprint density at radius 2 is 2.11 bits per heavy atom. The average Bonchev–Trinajstić information content (AvgIpc) is 2.74. The Kier molecular flexibility index (Phi) is 3.33. The highest BCUT2D eigenvalue weighted by Crippen LogP contribution is 2.43. The maximum absolute atomic E-state index is 12.8. The van der Waals surface area contributed by atoms with E-state index >= 15 is 0 Å². The third-order valence-electron chi connectivity index (χ3n) is 3.84. The van der Waals surface area contributed by atoms with Crippen LogP contribution in [0.2, 0.25) is 0 Å². The Bertz CT molecular complexity index is 500. The van der Waals surface area contributed by atoms with Gasteiger partial charge >= 0.3 is 0 Å². The first-order valence-corrected chi connectivity index (χ1v) is 6.95. The SMILES string of the molecule is CCn1nc(C)cc1C(=O)C1CC(C)(C)OC1(C)C. The summed E-state index contributed by atoms with van der Waals surface area (Å²) >= 11 is 0. The van der Waals surface area contributed by atoms with Crippen LogP contribution in [0.3, 0.4) is 0 Å². The predicted octanol–water partition coefficient (Wildman–Crippen LogP) is 2.99. The summed E-state index contributed by atoms with van der Waals surface area (Å²) < 4.78 is 7.81. The number of carbonyl (C=O) groups excluding carboxylic acids is 1. The molecule has 0 aromatic carbocycles. The average molecular weight is 264 g/mol. The van der Waals surface area contributed by atoms with Crippen LogP contribution in [0.15, 0.2) is 6.07 Å². The van der Waals surface area contributed by atoms with Crippen molar-refractivity contribution in [3.63, 3.8) is 0 Å². The second-order valence-corrected chi connectivity index (χ2v) is 6.57. The van der Waals surface area contributed by atoms with Crippen LogP contribution in [0.25, 0.3) is 0 Å². The number of hydrogen-bond acceptors (Lipinski definition) is 3. The lowest BCUT2D eigenvalue weighted by Gasteiger charge is -2.26. The monoisotopic (exact) mass is 264 g/mol. The zero-order valence-corrected chi connectivity index (χ0v) is 12.8. The summed E-state index contributed by atoms with van der Waals surface area (Å²) in [5.41, 5.74) is 0.938. The van der Waals surface area contributed by atoms with Gasteiger partial charge in [0.15, 0.2) is 5.78 Å². The topological polar surface area (TPSA) is 44.1 Å². The van der Waals surface area contributed by atoms with Gasteiger partial charge < -0.3 is 4.74 Å². The second kappa shape index (κ2) is 4.44. The lowest BCUT2D eigenvalue weighted by atomic mass is 9.83. The van der Waals surface area contributed by atoms with E-state index in [0.29, 0.717) is 12.2 Å². The van der Waals surface area contributed by atoms with Gasteiger partial charge in [0, 0.05) is 6.54 Å². The summed E-state index contributed by atoms with van der Waals surface area (Å²) in [6.07, 6.45) is 0.757. The van der Waals surface area contributed by atoms with E-state index < -0.39 is 5.60 Å². The third-order valence-corrected chi connectivity index (χ3v) is 3.84. The van der Waals surface area contributed by atoms with Gasteiger partial charge in [-0.15, -0.1) is 0 Å². The molecule has 0 spiro atoms. The number of aromatic nitrogens is 2. The lowest BCUT2D eigenvalue weighted by Crippen LogP contribution is -2.34.